The summed E-state index contributed by atoms with van der Waals surface area (Å²) in [6.07, 6.45) is 0.514. The molecule has 2 N–H and O–H groups in total. The molecule has 1 atom stereocenters. The van der Waals surface area contributed by atoms with Gasteiger partial charge in [-0.05, 0) is 29.5 Å². The summed E-state index contributed by atoms with van der Waals surface area (Å²) >= 11 is 0. The Kier molecular flexibility index (Phi) is 6.23. The van der Waals surface area contributed by atoms with Crippen LogP contribution >= 0.6 is 0 Å². The Balaban J connectivity index is 3.15. The molecular formula is C17H27NO4. The van der Waals surface area contributed by atoms with E-state index in [1.807, 2.05) is 19.1 Å². The lowest BCUT2D eigenvalue weighted by Gasteiger charge is -2.23. The molecule has 0 saturated carbocycles. The van der Waals surface area contributed by atoms with Crippen molar-refractivity contribution in [1.82, 2.24) is 5.32 Å². The maximum absolute atomic E-state index is 11.1. The summed E-state index contributed by atoms with van der Waals surface area (Å²) in [6.45, 7) is 8.58. The zero-order valence-electron chi connectivity index (χ0n) is 14.3. The van der Waals surface area contributed by atoms with Crippen molar-refractivity contribution in [3.63, 3.8) is 0 Å². The number of benzene rings is 1. The summed E-state index contributed by atoms with van der Waals surface area (Å²) in [4.78, 5) is 11.1. The van der Waals surface area contributed by atoms with Crippen molar-refractivity contribution < 1.29 is 19.4 Å². The SMILES string of the molecule is CCC(NCc1c(OC)cc(C(C)(C)C)cc1OC)C(=O)O. The maximum atomic E-state index is 11.1. The van der Waals surface area contributed by atoms with Crippen LogP contribution < -0.4 is 14.8 Å². The van der Waals surface area contributed by atoms with Gasteiger partial charge >= 0.3 is 5.97 Å². The first-order valence-corrected chi connectivity index (χ1v) is 7.46. The summed E-state index contributed by atoms with van der Waals surface area (Å²) in [5, 5.41) is 12.2. The number of hydrogen-bond donors (Lipinski definition) is 2. The fourth-order valence-electron chi connectivity index (χ4n) is 2.22. The van der Waals surface area contributed by atoms with E-state index in [-0.39, 0.29) is 5.41 Å². The van der Waals surface area contributed by atoms with Gasteiger partial charge in [0, 0.05) is 12.1 Å². The Morgan fingerprint density at radius 2 is 1.73 bits per heavy atom. The topological polar surface area (TPSA) is 67.8 Å². The normalized spacial score (nSPS) is 12.8. The molecule has 0 saturated heterocycles. The van der Waals surface area contributed by atoms with Crippen LogP contribution in [-0.2, 0) is 16.8 Å². The van der Waals surface area contributed by atoms with E-state index in [9.17, 15) is 4.79 Å². The van der Waals surface area contributed by atoms with Crippen LogP contribution in [0.3, 0.4) is 0 Å². The van der Waals surface area contributed by atoms with E-state index in [0.717, 1.165) is 11.1 Å². The van der Waals surface area contributed by atoms with Crippen molar-refractivity contribution in [2.45, 2.75) is 52.1 Å². The van der Waals surface area contributed by atoms with E-state index in [4.69, 9.17) is 14.6 Å². The summed E-state index contributed by atoms with van der Waals surface area (Å²) < 4.78 is 11.0. The van der Waals surface area contributed by atoms with Crippen LogP contribution in [0.25, 0.3) is 0 Å². The summed E-state index contributed by atoms with van der Waals surface area (Å²) in [5.74, 6) is 0.556. The van der Waals surface area contributed by atoms with E-state index in [0.29, 0.717) is 24.5 Å². The van der Waals surface area contributed by atoms with E-state index in [1.165, 1.54) is 0 Å². The quantitative estimate of drug-likeness (QED) is 0.810. The number of ether oxygens (including phenoxy) is 2. The summed E-state index contributed by atoms with van der Waals surface area (Å²) in [5.41, 5.74) is 1.91. The minimum atomic E-state index is -0.855. The third-order valence-corrected chi connectivity index (χ3v) is 3.71. The minimum absolute atomic E-state index is 0.0282. The van der Waals surface area contributed by atoms with E-state index in [2.05, 4.69) is 26.1 Å². The van der Waals surface area contributed by atoms with Gasteiger partial charge in [0.05, 0.1) is 14.2 Å². The number of rotatable bonds is 7. The van der Waals surface area contributed by atoms with Crippen molar-refractivity contribution in [2.24, 2.45) is 0 Å². The smallest absolute Gasteiger partial charge is 0.320 e. The Hall–Kier alpha value is -1.75. The van der Waals surface area contributed by atoms with Crippen molar-refractivity contribution >= 4 is 5.97 Å². The van der Waals surface area contributed by atoms with Gasteiger partial charge in [0.1, 0.15) is 17.5 Å². The lowest BCUT2D eigenvalue weighted by atomic mass is 9.86. The van der Waals surface area contributed by atoms with Crippen LogP contribution in [0.15, 0.2) is 12.1 Å². The van der Waals surface area contributed by atoms with Gasteiger partial charge in [-0.2, -0.15) is 0 Å². The van der Waals surface area contributed by atoms with Crippen molar-refractivity contribution in [3.05, 3.63) is 23.3 Å². The minimum Gasteiger partial charge on any atom is -0.496 e. The highest BCUT2D eigenvalue weighted by Crippen LogP contribution is 2.35. The molecule has 0 spiro atoms. The molecule has 1 aromatic rings. The molecule has 0 aliphatic carbocycles. The number of aliphatic carboxylic acids is 1. The van der Waals surface area contributed by atoms with Gasteiger partial charge in [-0.1, -0.05) is 27.7 Å². The molecule has 0 heterocycles. The summed E-state index contributed by atoms with van der Waals surface area (Å²) in [7, 11) is 3.22. The highest BCUT2D eigenvalue weighted by molar-refractivity contribution is 5.73. The van der Waals surface area contributed by atoms with E-state index in [1.54, 1.807) is 14.2 Å². The first-order chi connectivity index (χ1) is 10.2. The average molecular weight is 309 g/mol. The molecule has 5 nitrogen and oxygen atoms in total. The average Bonchev–Trinajstić information content (AvgIpc) is 2.45. The fraction of sp³-hybridized carbons (Fsp3) is 0.588. The standard InChI is InChI=1S/C17H27NO4/c1-7-13(16(19)20)18-10-12-14(21-5)8-11(17(2,3)4)9-15(12)22-6/h8-9,13,18H,7,10H2,1-6H3,(H,19,20). The second kappa shape index (κ2) is 7.49. The first kappa shape index (κ1) is 18.3. The van der Waals surface area contributed by atoms with Crippen LogP contribution in [0.4, 0.5) is 0 Å². The Morgan fingerprint density at radius 1 is 1.23 bits per heavy atom. The van der Waals surface area contributed by atoms with Crippen LogP contribution in [0.2, 0.25) is 0 Å². The van der Waals surface area contributed by atoms with Gasteiger partial charge in [-0.15, -0.1) is 0 Å². The number of carbonyl (C=O) groups is 1. The van der Waals surface area contributed by atoms with Crippen molar-refractivity contribution in [3.8, 4) is 11.5 Å². The molecule has 1 unspecified atom stereocenters. The molecule has 0 aromatic heterocycles. The van der Waals surface area contributed by atoms with Crippen LogP contribution in [0.5, 0.6) is 11.5 Å². The molecule has 0 radical (unpaired) electrons. The monoisotopic (exact) mass is 309 g/mol. The molecule has 22 heavy (non-hydrogen) atoms. The van der Waals surface area contributed by atoms with Gasteiger partial charge < -0.3 is 19.9 Å². The van der Waals surface area contributed by atoms with E-state index < -0.39 is 12.0 Å². The molecule has 1 rings (SSSR count). The van der Waals surface area contributed by atoms with E-state index >= 15 is 0 Å². The molecule has 0 fully saturated rings. The predicted octanol–water partition coefficient (Wildman–Crippen LogP) is 2.95. The molecule has 0 bridgehead atoms. The van der Waals surface area contributed by atoms with Gasteiger partial charge in [0.25, 0.3) is 0 Å². The summed E-state index contributed by atoms with van der Waals surface area (Å²) in [6, 6.07) is 3.39. The van der Waals surface area contributed by atoms with Crippen LogP contribution in [0.1, 0.15) is 45.2 Å². The Labute approximate surface area is 132 Å². The zero-order chi connectivity index (χ0) is 16.9. The lowest BCUT2D eigenvalue weighted by Crippen LogP contribution is -2.35. The number of carboxylic acids is 1. The molecule has 5 heteroatoms. The second-order valence-corrected chi connectivity index (χ2v) is 6.29. The molecule has 0 aliphatic heterocycles. The van der Waals surface area contributed by atoms with Gasteiger partial charge in [-0.25, -0.2) is 0 Å². The van der Waals surface area contributed by atoms with Crippen LogP contribution in [0, 0.1) is 0 Å². The number of methoxy groups -OCH3 is 2. The molecule has 1 aromatic carbocycles. The molecule has 0 aliphatic rings. The third kappa shape index (κ3) is 4.37. The maximum Gasteiger partial charge on any atom is 0.320 e. The predicted molar refractivity (Wildman–Crippen MR) is 86.8 cm³/mol. The van der Waals surface area contributed by atoms with Crippen LogP contribution in [-0.4, -0.2) is 31.3 Å². The highest BCUT2D eigenvalue weighted by atomic mass is 16.5. The van der Waals surface area contributed by atoms with Gasteiger partial charge in [0.2, 0.25) is 0 Å². The Morgan fingerprint density at radius 3 is 2.05 bits per heavy atom. The molecule has 0 amide bonds. The number of nitrogens with one attached hydrogen (secondary N) is 1. The third-order valence-electron chi connectivity index (χ3n) is 3.71. The van der Waals surface area contributed by atoms with Crippen molar-refractivity contribution in [1.29, 1.82) is 0 Å². The second-order valence-electron chi connectivity index (χ2n) is 6.29. The van der Waals surface area contributed by atoms with Gasteiger partial charge in [0.15, 0.2) is 0 Å². The first-order valence-electron chi connectivity index (χ1n) is 7.46. The number of hydrogen-bond acceptors (Lipinski definition) is 4. The Bertz CT molecular complexity index is 495. The zero-order valence-corrected chi connectivity index (χ0v) is 14.3. The largest absolute Gasteiger partial charge is 0.496 e. The molecule has 124 valence electrons. The molecular weight excluding hydrogens is 282 g/mol. The fourth-order valence-corrected chi connectivity index (χ4v) is 2.22. The highest BCUT2D eigenvalue weighted by Gasteiger charge is 2.21. The van der Waals surface area contributed by atoms with Gasteiger partial charge in [-0.3, -0.25) is 4.79 Å². The lowest BCUT2D eigenvalue weighted by molar-refractivity contribution is -0.139. The van der Waals surface area contributed by atoms with Crippen molar-refractivity contribution in [2.75, 3.05) is 14.2 Å². The number of carboxylic acid groups (broad SMARTS) is 1.